The summed E-state index contributed by atoms with van der Waals surface area (Å²) < 4.78 is 16.1. The van der Waals surface area contributed by atoms with Crippen LogP contribution in [-0.2, 0) is 20.7 Å². The summed E-state index contributed by atoms with van der Waals surface area (Å²) >= 11 is 0. The van der Waals surface area contributed by atoms with Crippen LogP contribution in [0.4, 0.5) is 0 Å². The van der Waals surface area contributed by atoms with Crippen molar-refractivity contribution in [2.75, 3.05) is 19.8 Å². The third-order valence-electron chi connectivity index (χ3n) is 4.44. The van der Waals surface area contributed by atoms with Crippen LogP contribution < -0.4 is 4.74 Å². The average Bonchev–Trinajstić information content (AvgIpc) is 2.66. The van der Waals surface area contributed by atoms with Crippen molar-refractivity contribution in [2.24, 2.45) is 5.41 Å². The smallest absolute Gasteiger partial charge is 0.332 e. The molecule has 0 radical (unpaired) electrons. The Morgan fingerprint density at radius 3 is 2.26 bits per heavy atom. The predicted octanol–water partition coefficient (Wildman–Crippen LogP) is 5.41. The molecule has 0 amide bonds. The second-order valence-electron chi connectivity index (χ2n) is 7.33. The molecule has 2 aromatic carbocycles. The molecule has 0 aliphatic heterocycles. The highest BCUT2D eigenvalue weighted by atomic mass is 16.6. The minimum absolute atomic E-state index is 0.0345. The van der Waals surface area contributed by atoms with E-state index in [9.17, 15) is 4.79 Å². The average molecular weight is 370 g/mol. The fourth-order valence-corrected chi connectivity index (χ4v) is 2.66. The zero-order chi connectivity index (χ0) is 19.5. The zero-order valence-electron chi connectivity index (χ0n) is 16.6. The van der Waals surface area contributed by atoms with Crippen LogP contribution in [0.15, 0.2) is 54.6 Å². The van der Waals surface area contributed by atoms with E-state index in [2.05, 4.69) is 26.0 Å². The summed E-state index contributed by atoms with van der Waals surface area (Å²) in [5, 5.41) is 0. The number of hydrogen-bond donors (Lipinski definition) is 0. The highest BCUT2D eigenvalue weighted by Gasteiger charge is 2.18. The number of ether oxygens (including phenoxy) is 3. The Labute approximate surface area is 162 Å². The van der Waals surface area contributed by atoms with Crippen molar-refractivity contribution in [1.82, 2.24) is 0 Å². The first-order valence-corrected chi connectivity index (χ1v) is 9.54. The van der Waals surface area contributed by atoms with Gasteiger partial charge in [-0.25, -0.2) is 4.79 Å². The normalized spacial score (nSPS) is 11.2. The van der Waals surface area contributed by atoms with Crippen molar-refractivity contribution in [2.45, 2.75) is 40.0 Å². The van der Waals surface area contributed by atoms with Gasteiger partial charge in [0.25, 0.3) is 0 Å². The maximum absolute atomic E-state index is 11.3. The lowest BCUT2D eigenvalue weighted by molar-refractivity contribution is -0.148. The first-order valence-electron chi connectivity index (χ1n) is 9.54. The van der Waals surface area contributed by atoms with Crippen LogP contribution in [0, 0.1) is 5.41 Å². The Morgan fingerprint density at radius 2 is 1.59 bits per heavy atom. The fraction of sp³-hybridized carbons (Fsp3) is 0.435. The molecule has 0 heterocycles. The standard InChI is InChI=1S/C23H30O4/c1-4-26-22(24)18-25-17-16-23(2,3)15-14-19-10-12-21(13-11-19)27-20-8-6-5-7-9-20/h5-13H,4,14-18H2,1-3H3. The van der Waals surface area contributed by atoms with E-state index in [0.29, 0.717) is 13.2 Å². The SMILES string of the molecule is CCOC(=O)COCCC(C)(C)CCc1ccc(Oc2ccccc2)cc1. The molecule has 2 aromatic rings. The largest absolute Gasteiger partial charge is 0.464 e. The van der Waals surface area contributed by atoms with E-state index < -0.39 is 0 Å². The van der Waals surface area contributed by atoms with Crippen molar-refractivity contribution in [3.8, 4) is 11.5 Å². The van der Waals surface area contributed by atoms with E-state index in [1.165, 1.54) is 5.56 Å². The lowest BCUT2D eigenvalue weighted by Gasteiger charge is -2.24. The van der Waals surface area contributed by atoms with Gasteiger partial charge in [0.1, 0.15) is 18.1 Å². The quantitative estimate of drug-likeness (QED) is 0.392. The topological polar surface area (TPSA) is 44.8 Å². The predicted molar refractivity (Wildman–Crippen MR) is 107 cm³/mol. The van der Waals surface area contributed by atoms with Crippen LogP contribution in [0.1, 0.15) is 39.2 Å². The van der Waals surface area contributed by atoms with E-state index in [1.54, 1.807) is 6.92 Å². The number of carbonyl (C=O) groups excluding carboxylic acids is 1. The highest BCUT2D eigenvalue weighted by molar-refractivity contribution is 5.70. The van der Waals surface area contributed by atoms with Crippen LogP contribution in [0.25, 0.3) is 0 Å². The maximum atomic E-state index is 11.3. The molecular formula is C23H30O4. The van der Waals surface area contributed by atoms with Crippen molar-refractivity contribution >= 4 is 5.97 Å². The second-order valence-corrected chi connectivity index (χ2v) is 7.33. The third kappa shape index (κ3) is 8.27. The molecule has 0 N–H and O–H groups in total. The molecule has 4 nitrogen and oxygen atoms in total. The first-order chi connectivity index (χ1) is 13.0. The van der Waals surface area contributed by atoms with E-state index in [0.717, 1.165) is 30.8 Å². The summed E-state index contributed by atoms with van der Waals surface area (Å²) in [4.78, 5) is 11.3. The minimum atomic E-state index is -0.298. The number of aryl methyl sites for hydroxylation is 1. The molecule has 4 heteroatoms. The van der Waals surface area contributed by atoms with Gasteiger partial charge < -0.3 is 14.2 Å². The first kappa shape index (κ1) is 21.0. The Hall–Kier alpha value is -2.33. The number of hydrogen-bond acceptors (Lipinski definition) is 4. The summed E-state index contributed by atoms with van der Waals surface area (Å²) in [5.41, 5.74) is 1.43. The van der Waals surface area contributed by atoms with Gasteiger partial charge >= 0.3 is 5.97 Å². The number of esters is 1. The maximum Gasteiger partial charge on any atom is 0.332 e. The number of carbonyl (C=O) groups is 1. The van der Waals surface area contributed by atoms with Gasteiger partial charge in [-0.15, -0.1) is 0 Å². The van der Waals surface area contributed by atoms with E-state index in [4.69, 9.17) is 14.2 Å². The Balaban J connectivity index is 1.72. The number of para-hydroxylation sites is 1. The van der Waals surface area contributed by atoms with Gasteiger partial charge in [-0.2, -0.15) is 0 Å². The number of benzene rings is 2. The lowest BCUT2D eigenvalue weighted by atomic mass is 9.83. The van der Waals surface area contributed by atoms with Crippen LogP contribution in [0.3, 0.4) is 0 Å². The van der Waals surface area contributed by atoms with Gasteiger partial charge in [0.15, 0.2) is 0 Å². The van der Waals surface area contributed by atoms with Gasteiger partial charge in [-0.05, 0) is 61.4 Å². The van der Waals surface area contributed by atoms with Crippen LogP contribution in [0.2, 0.25) is 0 Å². The number of rotatable bonds is 11. The molecule has 2 rings (SSSR count). The molecule has 0 saturated heterocycles. The fourth-order valence-electron chi connectivity index (χ4n) is 2.66. The molecule has 0 spiro atoms. The third-order valence-corrected chi connectivity index (χ3v) is 4.44. The molecule has 0 bridgehead atoms. The van der Waals surface area contributed by atoms with Crippen molar-refractivity contribution in [1.29, 1.82) is 0 Å². The van der Waals surface area contributed by atoms with Gasteiger partial charge in [0, 0.05) is 6.61 Å². The highest BCUT2D eigenvalue weighted by Crippen LogP contribution is 2.28. The van der Waals surface area contributed by atoms with Crippen molar-refractivity contribution in [3.63, 3.8) is 0 Å². The van der Waals surface area contributed by atoms with Crippen LogP contribution in [0.5, 0.6) is 11.5 Å². The van der Waals surface area contributed by atoms with Gasteiger partial charge in [-0.3, -0.25) is 0 Å². The molecular weight excluding hydrogens is 340 g/mol. The monoisotopic (exact) mass is 370 g/mol. The van der Waals surface area contributed by atoms with Crippen LogP contribution >= 0.6 is 0 Å². The second kappa shape index (κ2) is 10.7. The Bertz CT molecular complexity index is 677. The summed E-state index contributed by atoms with van der Waals surface area (Å²) in [5.74, 6) is 1.39. The Kier molecular flexibility index (Phi) is 8.34. The van der Waals surface area contributed by atoms with E-state index in [1.807, 2.05) is 42.5 Å². The van der Waals surface area contributed by atoms with E-state index in [-0.39, 0.29) is 18.0 Å². The van der Waals surface area contributed by atoms with Gasteiger partial charge in [-0.1, -0.05) is 44.2 Å². The molecule has 0 unspecified atom stereocenters. The van der Waals surface area contributed by atoms with Crippen molar-refractivity contribution < 1.29 is 19.0 Å². The summed E-state index contributed by atoms with van der Waals surface area (Å²) in [6.45, 7) is 7.24. The molecule has 0 saturated carbocycles. The van der Waals surface area contributed by atoms with Gasteiger partial charge in [0.2, 0.25) is 0 Å². The Morgan fingerprint density at radius 1 is 0.926 bits per heavy atom. The lowest BCUT2D eigenvalue weighted by Crippen LogP contribution is -2.18. The van der Waals surface area contributed by atoms with Crippen molar-refractivity contribution in [3.05, 3.63) is 60.2 Å². The molecule has 27 heavy (non-hydrogen) atoms. The molecule has 0 atom stereocenters. The molecule has 0 aromatic heterocycles. The summed E-state index contributed by atoms with van der Waals surface area (Å²) in [7, 11) is 0. The van der Waals surface area contributed by atoms with E-state index >= 15 is 0 Å². The van der Waals surface area contributed by atoms with Gasteiger partial charge in [0.05, 0.1) is 6.61 Å². The summed E-state index contributed by atoms with van der Waals surface area (Å²) in [6, 6.07) is 18.0. The zero-order valence-corrected chi connectivity index (χ0v) is 16.6. The molecule has 0 fully saturated rings. The minimum Gasteiger partial charge on any atom is -0.464 e. The molecule has 146 valence electrons. The van der Waals surface area contributed by atoms with Crippen LogP contribution in [-0.4, -0.2) is 25.8 Å². The molecule has 0 aliphatic rings. The summed E-state index contributed by atoms with van der Waals surface area (Å²) in [6.07, 6.45) is 2.95. The molecule has 0 aliphatic carbocycles.